The SMILES string of the molecule is Cc1ccc(-c2nn(CC(=O)NN3C(=O)CSC3c3ccccc3Cl)c(=O)c3ccccc23)cc1C. The first-order valence-electron chi connectivity index (χ1n) is 11.4. The monoisotopic (exact) mass is 518 g/mol. The average molecular weight is 519 g/mol. The molecule has 0 spiro atoms. The third-order valence-corrected chi connectivity index (χ3v) is 7.76. The molecule has 1 aliphatic heterocycles. The number of carbonyl (C=O) groups is 2. The molecule has 182 valence electrons. The zero-order valence-corrected chi connectivity index (χ0v) is 21.3. The highest BCUT2D eigenvalue weighted by atomic mass is 35.5. The van der Waals surface area contributed by atoms with Crippen molar-refractivity contribution in [3.8, 4) is 11.3 Å². The van der Waals surface area contributed by atoms with Crippen LogP contribution in [0.2, 0.25) is 5.02 Å². The minimum atomic E-state index is -0.529. The third-order valence-electron chi connectivity index (χ3n) is 6.23. The molecular formula is C27H23ClN4O3S. The number of amides is 2. The number of hydrogen-bond acceptors (Lipinski definition) is 5. The van der Waals surface area contributed by atoms with Crippen molar-refractivity contribution in [3.63, 3.8) is 0 Å². The molecule has 0 saturated carbocycles. The lowest BCUT2D eigenvalue weighted by molar-refractivity contribution is -0.139. The van der Waals surface area contributed by atoms with Crippen molar-refractivity contribution in [1.82, 2.24) is 20.2 Å². The second-order valence-electron chi connectivity index (χ2n) is 8.64. The van der Waals surface area contributed by atoms with Crippen LogP contribution >= 0.6 is 23.4 Å². The summed E-state index contributed by atoms with van der Waals surface area (Å²) in [6.07, 6.45) is 0. The lowest BCUT2D eigenvalue weighted by Gasteiger charge is -2.25. The number of hydrazine groups is 1. The second kappa shape index (κ2) is 9.79. The molecular weight excluding hydrogens is 496 g/mol. The van der Waals surface area contributed by atoms with Gasteiger partial charge in [0, 0.05) is 21.5 Å². The largest absolute Gasteiger partial charge is 0.275 e. The van der Waals surface area contributed by atoms with Crippen LogP contribution in [0.1, 0.15) is 22.1 Å². The van der Waals surface area contributed by atoms with Crippen LogP contribution in [-0.2, 0) is 16.1 Å². The smallest absolute Gasteiger partial charge is 0.272 e. The molecule has 2 amide bonds. The van der Waals surface area contributed by atoms with Gasteiger partial charge in [-0.25, -0.2) is 9.69 Å². The Hall–Kier alpha value is -3.62. The van der Waals surface area contributed by atoms with E-state index >= 15 is 0 Å². The van der Waals surface area contributed by atoms with Gasteiger partial charge in [0.05, 0.1) is 16.8 Å². The van der Waals surface area contributed by atoms with Gasteiger partial charge in [-0.3, -0.25) is 19.8 Å². The fourth-order valence-corrected chi connectivity index (χ4v) is 5.65. The Balaban J connectivity index is 1.48. The molecule has 1 unspecified atom stereocenters. The molecule has 1 saturated heterocycles. The highest BCUT2D eigenvalue weighted by Gasteiger charge is 2.35. The number of rotatable bonds is 5. The standard InChI is InChI=1S/C27H23ClN4O3S/c1-16-11-12-18(13-17(16)2)25-19-7-3-4-8-20(19)26(35)31(30-25)14-23(33)29-32-24(34)15-36-27(32)21-9-5-6-10-22(21)28/h3-13,27H,14-15H2,1-2H3,(H,29,33). The molecule has 7 nitrogen and oxygen atoms in total. The van der Waals surface area contributed by atoms with Crippen molar-refractivity contribution in [1.29, 1.82) is 0 Å². The molecule has 3 aromatic carbocycles. The topological polar surface area (TPSA) is 84.3 Å². The Morgan fingerprint density at radius 1 is 1.03 bits per heavy atom. The third kappa shape index (κ3) is 4.50. The van der Waals surface area contributed by atoms with Gasteiger partial charge in [0.15, 0.2) is 0 Å². The minimum absolute atomic E-state index is 0.210. The van der Waals surface area contributed by atoms with Crippen LogP contribution in [0.25, 0.3) is 22.0 Å². The first-order chi connectivity index (χ1) is 17.3. The molecule has 0 aliphatic carbocycles. The summed E-state index contributed by atoms with van der Waals surface area (Å²) < 4.78 is 1.15. The van der Waals surface area contributed by atoms with E-state index in [4.69, 9.17) is 11.6 Å². The van der Waals surface area contributed by atoms with E-state index in [0.717, 1.165) is 26.9 Å². The Morgan fingerprint density at radius 3 is 2.50 bits per heavy atom. The number of nitrogens with one attached hydrogen (secondary N) is 1. The van der Waals surface area contributed by atoms with Crippen LogP contribution in [0.3, 0.4) is 0 Å². The van der Waals surface area contributed by atoms with Crippen molar-refractivity contribution >= 4 is 45.9 Å². The fourth-order valence-electron chi connectivity index (χ4n) is 4.20. The van der Waals surface area contributed by atoms with Gasteiger partial charge in [-0.2, -0.15) is 5.10 Å². The van der Waals surface area contributed by atoms with Crippen LogP contribution in [0.5, 0.6) is 0 Å². The second-order valence-corrected chi connectivity index (χ2v) is 10.1. The Kier molecular flexibility index (Phi) is 6.55. The predicted molar refractivity (Wildman–Crippen MR) is 143 cm³/mol. The molecule has 4 aromatic rings. The molecule has 1 aromatic heterocycles. The molecule has 36 heavy (non-hydrogen) atoms. The van der Waals surface area contributed by atoms with E-state index in [1.54, 1.807) is 24.3 Å². The molecule has 0 bridgehead atoms. The van der Waals surface area contributed by atoms with Crippen molar-refractivity contribution in [2.45, 2.75) is 25.8 Å². The van der Waals surface area contributed by atoms with E-state index in [9.17, 15) is 14.4 Å². The zero-order valence-electron chi connectivity index (χ0n) is 19.7. The molecule has 9 heteroatoms. The van der Waals surface area contributed by atoms with Gasteiger partial charge in [-0.15, -0.1) is 11.8 Å². The van der Waals surface area contributed by atoms with Gasteiger partial charge in [0.2, 0.25) is 0 Å². The zero-order chi connectivity index (χ0) is 25.4. The Labute approximate surface area is 217 Å². The van der Waals surface area contributed by atoms with E-state index in [2.05, 4.69) is 10.5 Å². The normalized spacial score (nSPS) is 15.5. The van der Waals surface area contributed by atoms with E-state index in [1.807, 2.05) is 56.3 Å². The minimum Gasteiger partial charge on any atom is -0.272 e. The van der Waals surface area contributed by atoms with Crippen molar-refractivity contribution in [2.75, 3.05) is 5.75 Å². The number of fused-ring (bicyclic) bond motifs is 1. The molecule has 1 N–H and O–H groups in total. The molecule has 0 radical (unpaired) electrons. The lowest BCUT2D eigenvalue weighted by Crippen LogP contribution is -2.46. The first-order valence-corrected chi connectivity index (χ1v) is 12.8. The summed E-state index contributed by atoms with van der Waals surface area (Å²) in [4.78, 5) is 38.8. The first kappa shape index (κ1) is 24.1. The molecule has 5 rings (SSSR count). The van der Waals surface area contributed by atoms with E-state index in [0.29, 0.717) is 21.5 Å². The van der Waals surface area contributed by atoms with E-state index < -0.39 is 11.3 Å². The van der Waals surface area contributed by atoms with Gasteiger partial charge in [0.1, 0.15) is 11.9 Å². The highest BCUT2D eigenvalue weighted by Crippen LogP contribution is 2.40. The molecule has 1 fully saturated rings. The summed E-state index contributed by atoms with van der Waals surface area (Å²) in [5.41, 5.74) is 6.74. The molecule has 2 heterocycles. The summed E-state index contributed by atoms with van der Waals surface area (Å²) in [5, 5.41) is 7.10. The number of benzene rings is 3. The summed E-state index contributed by atoms with van der Waals surface area (Å²) in [7, 11) is 0. The van der Waals surface area contributed by atoms with Gasteiger partial charge in [-0.05, 0) is 43.2 Å². The maximum atomic E-state index is 13.2. The molecule has 1 atom stereocenters. The van der Waals surface area contributed by atoms with Gasteiger partial charge >= 0.3 is 0 Å². The fraction of sp³-hybridized carbons (Fsp3) is 0.185. The van der Waals surface area contributed by atoms with Crippen molar-refractivity contribution in [3.05, 3.63) is 98.8 Å². The molecule has 1 aliphatic rings. The number of thioether (sulfide) groups is 1. The van der Waals surface area contributed by atoms with Crippen molar-refractivity contribution in [2.24, 2.45) is 0 Å². The predicted octanol–water partition coefficient (Wildman–Crippen LogP) is 4.64. The quantitative estimate of drug-likeness (QED) is 0.416. The summed E-state index contributed by atoms with van der Waals surface area (Å²) in [6.45, 7) is 3.71. The van der Waals surface area contributed by atoms with Gasteiger partial charge in [0.25, 0.3) is 17.4 Å². The number of aromatic nitrogens is 2. The number of aryl methyl sites for hydroxylation is 2. The highest BCUT2D eigenvalue weighted by molar-refractivity contribution is 8.00. The Morgan fingerprint density at radius 2 is 1.75 bits per heavy atom. The Bertz CT molecular complexity index is 1570. The number of halogens is 1. The average Bonchev–Trinajstić information content (AvgIpc) is 3.22. The van der Waals surface area contributed by atoms with Crippen LogP contribution in [0.4, 0.5) is 0 Å². The number of nitrogens with zero attached hydrogens (tertiary/aromatic N) is 3. The van der Waals surface area contributed by atoms with Crippen LogP contribution in [-0.4, -0.2) is 32.4 Å². The van der Waals surface area contributed by atoms with Gasteiger partial charge in [-0.1, -0.05) is 60.1 Å². The number of hydrogen-bond donors (Lipinski definition) is 1. The van der Waals surface area contributed by atoms with Crippen molar-refractivity contribution < 1.29 is 9.59 Å². The van der Waals surface area contributed by atoms with E-state index in [-0.39, 0.29) is 23.8 Å². The van der Waals surface area contributed by atoms with Gasteiger partial charge < -0.3 is 0 Å². The number of carbonyl (C=O) groups excluding carboxylic acids is 2. The summed E-state index contributed by atoms with van der Waals surface area (Å²) in [6, 6.07) is 20.4. The van der Waals surface area contributed by atoms with Crippen LogP contribution < -0.4 is 11.0 Å². The maximum Gasteiger partial charge on any atom is 0.275 e. The van der Waals surface area contributed by atoms with Crippen LogP contribution in [0.15, 0.2) is 71.5 Å². The summed E-state index contributed by atoms with van der Waals surface area (Å²) >= 11 is 7.71. The van der Waals surface area contributed by atoms with E-state index in [1.165, 1.54) is 16.8 Å². The lowest BCUT2D eigenvalue weighted by atomic mass is 10.0. The maximum absolute atomic E-state index is 13.2. The summed E-state index contributed by atoms with van der Waals surface area (Å²) in [5.74, 6) is -0.562. The van der Waals surface area contributed by atoms with Crippen LogP contribution in [0, 0.1) is 13.8 Å².